The minimum absolute atomic E-state index is 0.0852. The number of ether oxygens (including phenoxy) is 1. The van der Waals surface area contributed by atoms with Crippen LogP contribution < -0.4 is 5.32 Å². The molecule has 0 aliphatic carbocycles. The molecule has 0 bridgehead atoms. The first kappa shape index (κ1) is 18.8. The van der Waals surface area contributed by atoms with Crippen LogP contribution in [-0.4, -0.2) is 18.5 Å². The Hall–Kier alpha value is -2.99. The summed E-state index contributed by atoms with van der Waals surface area (Å²) in [5.41, 5.74) is 1.44. The van der Waals surface area contributed by atoms with Crippen LogP contribution in [0.4, 0.5) is 4.39 Å². The summed E-state index contributed by atoms with van der Waals surface area (Å²) in [6.45, 7) is -0.386. The molecule has 3 aromatic rings. The number of hydrogen-bond donors (Lipinski definition) is 1. The van der Waals surface area contributed by atoms with Crippen molar-refractivity contribution in [3.63, 3.8) is 0 Å². The summed E-state index contributed by atoms with van der Waals surface area (Å²) in [4.78, 5) is 25.2. The van der Waals surface area contributed by atoms with E-state index in [1.54, 1.807) is 6.07 Å². The third-order valence-corrected chi connectivity index (χ3v) is 4.80. The normalized spacial score (nSPS) is 11.6. The molecule has 3 rings (SSSR count). The molecule has 1 amide bonds. The van der Waals surface area contributed by atoms with E-state index in [0.717, 1.165) is 10.4 Å². The summed E-state index contributed by atoms with van der Waals surface area (Å²) in [5, 5.41) is 4.84. The van der Waals surface area contributed by atoms with Crippen LogP contribution >= 0.6 is 11.3 Å². The average Bonchev–Trinajstić information content (AvgIpc) is 3.19. The molecule has 1 heterocycles. The second-order valence-corrected chi connectivity index (χ2v) is 6.87. The van der Waals surface area contributed by atoms with Crippen LogP contribution in [0.3, 0.4) is 0 Å². The Bertz CT molecular complexity index is 897. The Morgan fingerprint density at radius 3 is 2.56 bits per heavy atom. The maximum absolute atomic E-state index is 13.2. The van der Waals surface area contributed by atoms with Crippen molar-refractivity contribution in [2.45, 2.75) is 12.5 Å². The lowest BCUT2D eigenvalue weighted by atomic mass is 10.1. The molecule has 1 N–H and O–H groups in total. The maximum atomic E-state index is 13.2. The van der Waals surface area contributed by atoms with Crippen LogP contribution in [0, 0.1) is 5.82 Å². The monoisotopic (exact) mass is 383 g/mol. The SMILES string of the molecule is O=C(COC(=O)Cc1cccc(F)c1)N[C@H](c1ccccc1)c1cccs1. The van der Waals surface area contributed by atoms with Gasteiger partial charge in [0.2, 0.25) is 0 Å². The number of amides is 1. The van der Waals surface area contributed by atoms with E-state index >= 15 is 0 Å². The molecule has 0 unspecified atom stereocenters. The van der Waals surface area contributed by atoms with E-state index < -0.39 is 17.7 Å². The van der Waals surface area contributed by atoms with Gasteiger partial charge in [0.1, 0.15) is 5.82 Å². The van der Waals surface area contributed by atoms with E-state index in [9.17, 15) is 14.0 Å². The molecule has 0 aliphatic heterocycles. The second kappa shape index (κ2) is 9.09. The van der Waals surface area contributed by atoms with Crippen molar-refractivity contribution in [2.24, 2.45) is 0 Å². The number of carbonyl (C=O) groups is 2. The lowest BCUT2D eigenvalue weighted by Gasteiger charge is -2.18. The van der Waals surface area contributed by atoms with E-state index in [0.29, 0.717) is 5.56 Å². The van der Waals surface area contributed by atoms with Gasteiger partial charge in [-0.3, -0.25) is 9.59 Å². The van der Waals surface area contributed by atoms with Crippen LogP contribution in [-0.2, 0) is 20.7 Å². The number of nitrogens with one attached hydrogen (secondary N) is 1. The van der Waals surface area contributed by atoms with Crippen molar-refractivity contribution in [1.82, 2.24) is 5.32 Å². The second-order valence-electron chi connectivity index (χ2n) is 5.89. The van der Waals surface area contributed by atoms with E-state index in [4.69, 9.17) is 4.74 Å². The van der Waals surface area contributed by atoms with Gasteiger partial charge >= 0.3 is 5.97 Å². The molecule has 27 heavy (non-hydrogen) atoms. The van der Waals surface area contributed by atoms with Crippen molar-refractivity contribution < 1.29 is 18.7 Å². The third-order valence-electron chi connectivity index (χ3n) is 3.87. The Morgan fingerprint density at radius 2 is 1.85 bits per heavy atom. The summed E-state index contributed by atoms with van der Waals surface area (Å²) < 4.78 is 18.2. The largest absolute Gasteiger partial charge is 0.455 e. The fourth-order valence-corrected chi connectivity index (χ4v) is 3.44. The van der Waals surface area contributed by atoms with Crippen molar-refractivity contribution >= 4 is 23.2 Å². The van der Waals surface area contributed by atoms with Gasteiger partial charge in [-0.15, -0.1) is 11.3 Å². The van der Waals surface area contributed by atoms with E-state index in [-0.39, 0.29) is 19.1 Å². The first-order chi connectivity index (χ1) is 13.1. The predicted octanol–water partition coefficient (Wildman–Crippen LogP) is 3.88. The van der Waals surface area contributed by atoms with E-state index in [2.05, 4.69) is 5.32 Å². The molecule has 0 aliphatic rings. The molecule has 0 saturated heterocycles. The number of halogens is 1. The van der Waals surface area contributed by atoms with Gasteiger partial charge in [-0.05, 0) is 34.7 Å². The zero-order valence-electron chi connectivity index (χ0n) is 14.4. The quantitative estimate of drug-likeness (QED) is 0.630. The first-order valence-corrected chi connectivity index (χ1v) is 9.27. The first-order valence-electron chi connectivity index (χ1n) is 8.39. The molecule has 0 saturated carbocycles. The van der Waals surface area contributed by atoms with Crippen LogP contribution in [0.25, 0.3) is 0 Å². The average molecular weight is 383 g/mol. The van der Waals surface area contributed by atoms with Crippen LogP contribution in [0.15, 0.2) is 72.1 Å². The van der Waals surface area contributed by atoms with Gasteiger partial charge in [-0.1, -0.05) is 48.5 Å². The van der Waals surface area contributed by atoms with Gasteiger partial charge < -0.3 is 10.1 Å². The summed E-state index contributed by atoms with van der Waals surface area (Å²) in [6, 6.07) is 18.9. The van der Waals surface area contributed by atoms with Gasteiger partial charge in [0.15, 0.2) is 6.61 Å². The molecule has 0 spiro atoms. The molecule has 1 aromatic heterocycles. The van der Waals surface area contributed by atoms with Gasteiger partial charge in [0.05, 0.1) is 12.5 Å². The molecule has 4 nitrogen and oxygen atoms in total. The zero-order valence-corrected chi connectivity index (χ0v) is 15.2. The molecule has 0 radical (unpaired) electrons. The summed E-state index contributed by atoms with van der Waals surface area (Å²) in [5.74, 6) is -1.40. The smallest absolute Gasteiger partial charge is 0.310 e. The highest BCUT2D eigenvalue weighted by molar-refractivity contribution is 7.10. The number of carbonyl (C=O) groups excluding carboxylic acids is 2. The molecule has 1 atom stereocenters. The van der Waals surface area contributed by atoms with Gasteiger partial charge in [-0.25, -0.2) is 4.39 Å². The zero-order chi connectivity index (χ0) is 19.1. The molecular weight excluding hydrogens is 365 g/mol. The Labute approximate surface area is 160 Å². The highest BCUT2D eigenvalue weighted by Gasteiger charge is 2.18. The van der Waals surface area contributed by atoms with Crippen molar-refractivity contribution in [3.8, 4) is 0 Å². The predicted molar refractivity (Wildman–Crippen MR) is 102 cm³/mol. The molecule has 2 aromatic carbocycles. The summed E-state index contributed by atoms with van der Waals surface area (Å²) in [7, 11) is 0. The minimum Gasteiger partial charge on any atom is -0.455 e. The molecule has 138 valence electrons. The maximum Gasteiger partial charge on any atom is 0.310 e. The number of rotatable bonds is 7. The highest BCUT2D eigenvalue weighted by Crippen LogP contribution is 2.25. The van der Waals surface area contributed by atoms with Crippen LogP contribution in [0.5, 0.6) is 0 Å². The van der Waals surface area contributed by atoms with Gasteiger partial charge in [0.25, 0.3) is 5.91 Å². The Morgan fingerprint density at radius 1 is 1.04 bits per heavy atom. The number of benzene rings is 2. The van der Waals surface area contributed by atoms with Crippen molar-refractivity contribution in [1.29, 1.82) is 0 Å². The van der Waals surface area contributed by atoms with Crippen molar-refractivity contribution in [2.75, 3.05) is 6.61 Å². The fourth-order valence-electron chi connectivity index (χ4n) is 2.63. The van der Waals surface area contributed by atoms with E-state index in [1.165, 1.54) is 29.5 Å². The standard InChI is InChI=1S/C21H18FNO3S/c22-17-9-4-6-15(12-17)13-20(25)26-14-19(24)23-21(18-10-5-11-27-18)16-7-2-1-3-8-16/h1-12,21H,13-14H2,(H,23,24)/t21-/m1/s1. The molecule has 0 fully saturated rings. The lowest BCUT2D eigenvalue weighted by molar-refractivity contribution is -0.148. The van der Waals surface area contributed by atoms with E-state index in [1.807, 2.05) is 47.8 Å². The number of esters is 1. The third kappa shape index (κ3) is 5.49. The fraction of sp³-hybridized carbons (Fsp3) is 0.143. The van der Waals surface area contributed by atoms with Gasteiger partial charge in [0, 0.05) is 4.88 Å². The topological polar surface area (TPSA) is 55.4 Å². The summed E-state index contributed by atoms with van der Waals surface area (Å²) >= 11 is 1.54. The molecular formula is C21H18FNO3S. The number of hydrogen-bond acceptors (Lipinski definition) is 4. The Balaban J connectivity index is 1.57. The van der Waals surface area contributed by atoms with Crippen LogP contribution in [0.2, 0.25) is 0 Å². The minimum atomic E-state index is -0.580. The van der Waals surface area contributed by atoms with Crippen molar-refractivity contribution in [3.05, 3.63) is 93.9 Å². The molecule has 6 heteroatoms. The lowest BCUT2D eigenvalue weighted by Crippen LogP contribution is -2.32. The van der Waals surface area contributed by atoms with Crippen LogP contribution in [0.1, 0.15) is 22.0 Å². The highest BCUT2D eigenvalue weighted by atomic mass is 32.1. The summed E-state index contributed by atoms with van der Waals surface area (Å²) in [6.07, 6.45) is -0.0852. The van der Waals surface area contributed by atoms with Gasteiger partial charge in [-0.2, -0.15) is 0 Å². The number of thiophene rings is 1. The Kier molecular flexibility index (Phi) is 6.33.